The molecular weight excluding hydrogens is 738 g/mol. The van der Waals surface area contributed by atoms with Crippen LogP contribution in [0.5, 0.6) is 0 Å². The van der Waals surface area contributed by atoms with Crippen LogP contribution < -0.4 is 37.6 Å². The molecule has 0 saturated heterocycles. The molecule has 7 amide bonds. The van der Waals surface area contributed by atoms with Gasteiger partial charge in [-0.2, -0.15) is 0 Å². The third kappa shape index (κ3) is 15.3. The van der Waals surface area contributed by atoms with Crippen molar-refractivity contribution in [1.82, 2.24) is 31.9 Å². The van der Waals surface area contributed by atoms with E-state index in [-0.39, 0.29) is 57.8 Å². The molecule has 17 nitrogen and oxygen atoms in total. The van der Waals surface area contributed by atoms with Crippen LogP contribution in [0.4, 0.5) is 14.4 Å². The first kappa shape index (κ1) is 45.5. The summed E-state index contributed by atoms with van der Waals surface area (Å²) in [4.78, 5) is 87.1. The molecule has 0 bridgehead atoms. The highest BCUT2D eigenvalue weighted by molar-refractivity contribution is 5.91. The third-order valence-electron chi connectivity index (χ3n) is 9.04. The van der Waals surface area contributed by atoms with Crippen molar-refractivity contribution in [3.05, 3.63) is 59.7 Å². The van der Waals surface area contributed by atoms with Crippen molar-refractivity contribution in [2.24, 2.45) is 11.7 Å². The van der Waals surface area contributed by atoms with Crippen LogP contribution in [0.2, 0.25) is 0 Å². The minimum absolute atomic E-state index is 0.0115. The fourth-order valence-corrected chi connectivity index (χ4v) is 6.27. The molecule has 0 aromatic heterocycles. The summed E-state index contributed by atoms with van der Waals surface area (Å²) in [6.45, 7) is 8.93. The van der Waals surface area contributed by atoms with Crippen molar-refractivity contribution in [3.63, 3.8) is 0 Å². The monoisotopic (exact) mass is 795 g/mol. The average Bonchev–Trinajstić information content (AvgIpc) is 3.45. The van der Waals surface area contributed by atoms with Gasteiger partial charge in [-0.3, -0.25) is 14.4 Å². The summed E-state index contributed by atoms with van der Waals surface area (Å²) < 4.78 is 10.9. The van der Waals surface area contributed by atoms with E-state index in [9.17, 15) is 38.7 Å². The number of unbranched alkanes of at least 4 members (excludes halogenated alkanes) is 1. The van der Waals surface area contributed by atoms with Gasteiger partial charge >= 0.3 is 24.2 Å². The smallest absolute Gasteiger partial charge is 0.407 e. The molecule has 2 aromatic rings. The number of nitrogens with one attached hydrogen (secondary N) is 6. The molecule has 3 rings (SSSR count). The number of ether oxygens (including phenoxy) is 2. The fourth-order valence-electron chi connectivity index (χ4n) is 6.27. The normalized spacial score (nSPS) is 13.5. The minimum atomic E-state index is -1.28. The van der Waals surface area contributed by atoms with E-state index in [0.717, 1.165) is 22.3 Å². The van der Waals surface area contributed by atoms with Crippen molar-refractivity contribution >= 4 is 41.9 Å². The Bertz CT molecular complexity index is 1680. The molecule has 9 N–H and O–H groups in total. The molecule has 57 heavy (non-hydrogen) atoms. The number of carbonyl (C=O) groups excluding carboxylic acids is 6. The summed E-state index contributed by atoms with van der Waals surface area (Å²) in [7, 11) is 0. The Balaban J connectivity index is 1.57. The zero-order chi connectivity index (χ0) is 42.1. The number of benzene rings is 2. The van der Waals surface area contributed by atoms with Crippen molar-refractivity contribution in [3.8, 4) is 11.1 Å². The maximum absolute atomic E-state index is 13.4. The number of hydrogen-bond acceptors (Lipinski definition) is 9. The van der Waals surface area contributed by atoms with Gasteiger partial charge in [-0.25, -0.2) is 19.2 Å². The van der Waals surface area contributed by atoms with Gasteiger partial charge in [0.1, 0.15) is 30.3 Å². The Kier molecular flexibility index (Phi) is 17.6. The number of aliphatic carboxylic acids is 1. The summed E-state index contributed by atoms with van der Waals surface area (Å²) in [6.07, 6.45) is -0.239. The van der Waals surface area contributed by atoms with E-state index in [2.05, 4.69) is 31.9 Å². The highest BCUT2D eigenvalue weighted by Gasteiger charge is 2.31. The van der Waals surface area contributed by atoms with E-state index in [1.165, 1.54) is 0 Å². The lowest BCUT2D eigenvalue weighted by molar-refractivity contribution is -0.142. The van der Waals surface area contributed by atoms with Gasteiger partial charge < -0.3 is 52.2 Å². The highest BCUT2D eigenvalue weighted by atomic mass is 16.6. The second-order valence-corrected chi connectivity index (χ2v) is 15.1. The molecule has 2 aromatic carbocycles. The largest absolute Gasteiger partial charge is 0.480 e. The van der Waals surface area contributed by atoms with E-state index >= 15 is 0 Å². The van der Waals surface area contributed by atoms with Crippen LogP contribution in [0, 0.1) is 5.92 Å². The third-order valence-corrected chi connectivity index (χ3v) is 9.04. The number of alkyl carbamates (subject to hydrolysis) is 2. The van der Waals surface area contributed by atoms with E-state index in [1.807, 2.05) is 48.5 Å². The van der Waals surface area contributed by atoms with Crippen LogP contribution in [0.3, 0.4) is 0 Å². The second kappa shape index (κ2) is 22.0. The summed E-state index contributed by atoms with van der Waals surface area (Å²) in [5, 5.41) is 25.0. The molecule has 0 fully saturated rings. The van der Waals surface area contributed by atoms with E-state index < -0.39 is 71.6 Å². The number of carboxylic acid groups (broad SMARTS) is 1. The Labute approximate surface area is 332 Å². The minimum Gasteiger partial charge on any atom is -0.480 e. The summed E-state index contributed by atoms with van der Waals surface area (Å²) in [6, 6.07) is 11.7. The maximum atomic E-state index is 13.4. The first-order valence-electron chi connectivity index (χ1n) is 19.2. The van der Waals surface area contributed by atoms with Gasteiger partial charge in [0, 0.05) is 32.0 Å². The summed E-state index contributed by atoms with van der Waals surface area (Å²) in [5.41, 5.74) is 8.57. The number of nitrogens with two attached hydrogens (primary N) is 1. The van der Waals surface area contributed by atoms with Crippen LogP contribution in [0.15, 0.2) is 48.5 Å². The van der Waals surface area contributed by atoms with Gasteiger partial charge in [0.25, 0.3) is 0 Å². The summed E-state index contributed by atoms with van der Waals surface area (Å²) in [5.74, 6) is -3.72. The van der Waals surface area contributed by atoms with Crippen molar-refractivity contribution in [1.29, 1.82) is 0 Å². The second-order valence-electron chi connectivity index (χ2n) is 15.1. The molecule has 312 valence electrons. The van der Waals surface area contributed by atoms with E-state index in [1.54, 1.807) is 34.6 Å². The molecule has 0 aliphatic heterocycles. The Morgan fingerprint density at radius 3 is 1.89 bits per heavy atom. The standard InChI is InChI=1S/C40H57N7O10/c1-24(2)33(35(50)45-31(36(51)52)18-12-21-43-37(41)53)47-32(48)19-22-42-34(49)30(17-10-11-20-44-38(54)57-40(3,4)5)46-39(55)56-23-29-27-15-8-6-13-25(27)26-14-7-9-16-28(26)29/h6-9,13-16,24,29-31,33H,10-12,17-23H2,1-5H3,(H,42,49)(H,44,54)(H,45,50)(H,46,55)(H,47,48)(H,51,52)(H3,41,43,53)/t30-,31-,33-/m0/s1. The lowest BCUT2D eigenvalue weighted by atomic mass is 9.98. The van der Waals surface area contributed by atoms with Gasteiger partial charge in [0.15, 0.2) is 0 Å². The molecule has 1 aliphatic rings. The molecule has 1 aliphatic carbocycles. The lowest BCUT2D eigenvalue weighted by Gasteiger charge is -2.24. The van der Waals surface area contributed by atoms with Crippen molar-refractivity contribution in [2.75, 3.05) is 26.2 Å². The fraction of sp³-hybridized carbons (Fsp3) is 0.525. The Morgan fingerprint density at radius 1 is 0.719 bits per heavy atom. The number of rotatable bonds is 21. The molecular formula is C40H57N7O10. The molecule has 0 heterocycles. The van der Waals surface area contributed by atoms with E-state index in [4.69, 9.17) is 15.2 Å². The van der Waals surface area contributed by atoms with Gasteiger partial charge in [-0.1, -0.05) is 62.4 Å². The number of primary amides is 1. The lowest BCUT2D eigenvalue weighted by Crippen LogP contribution is -2.54. The molecule has 0 spiro atoms. The first-order chi connectivity index (χ1) is 27.0. The SMILES string of the molecule is CC(C)[C@H](NC(=O)CCNC(=O)[C@H](CCCCNC(=O)OC(C)(C)C)NC(=O)OCC1c2ccccc2-c2ccccc21)C(=O)N[C@@H](CCCNC(N)=O)C(=O)O. The van der Waals surface area contributed by atoms with Crippen LogP contribution in [0.25, 0.3) is 11.1 Å². The van der Waals surface area contributed by atoms with Crippen LogP contribution in [-0.4, -0.2) is 97.0 Å². The molecule has 17 heteroatoms. The molecule has 0 radical (unpaired) electrons. The van der Waals surface area contributed by atoms with Gasteiger partial charge in [-0.05, 0) is 81.0 Å². The number of hydrogen-bond donors (Lipinski definition) is 8. The predicted octanol–water partition coefficient (Wildman–Crippen LogP) is 3.25. The van der Waals surface area contributed by atoms with Crippen LogP contribution >= 0.6 is 0 Å². The number of amides is 7. The number of fused-ring (bicyclic) bond motifs is 3. The van der Waals surface area contributed by atoms with Gasteiger partial charge in [-0.15, -0.1) is 0 Å². The topological polar surface area (TPSA) is 256 Å². The maximum Gasteiger partial charge on any atom is 0.407 e. The van der Waals surface area contributed by atoms with Gasteiger partial charge in [0.2, 0.25) is 17.7 Å². The number of carboxylic acids is 1. The zero-order valence-corrected chi connectivity index (χ0v) is 33.3. The van der Waals surface area contributed by atoms with Gasteiger partial charge in [0.05, 0.1) is 0 Å². The Hall–Kier alpha value is -5.87. The first-order valence-corrected chi connectivity index (χ1v) is 19.2. The van der Waals surface area contributed by atoms with Crippen LogP contribution in [-0.2, 0) is 28.7 Å². The zero-order valence-electron chi connectivity index (χ0n) is 33.3. The number of urea groups is 1. The predicted molar refractivity (Wildman–Crippen MR) is 211 cm³/mol. The average molecular weight is 796 g/mol. The molecule has 3 atom stereocenters. The quantitative estimate of drug-likeness (QED) is 0.0856. The van der Waals surface area contributed by atoms with Crippen molar-refractivity contribution in [2.45, 2.75) is 103 Å². The molecule has 0 unspecified atom stereocenters. The number of carbonyl (C=O) groups is 7. The summed E-state index contributed by atoms with van der Waals surface area (Å²) >= 11 is 0. The van der Waals surface area contributed by atoms with E-state index in [0.29, 0.717) is 12.8 Å². The Morgan fingerprint density at radius 2 is 1.32 bits per heavy atom. The highest BCUT2D eigenvalue weighted by Crippen LogP contribution is 2.44. The van der Waals surface area contributed by atoms with Crippen molar-refractivity contribution < 1.29 is 48.1 Å². The molecule has 0 saturated carbocycles. The van der Waals surface area contributed by atoms with Crippen LogP contribution in [0.1, 0.15) is 90.2 Å².